The number of nitrogens with one attached hydrogen (secondary N) is 1. The lowest BCUT2D eigenvalue weighted by Gasteiger charge is -2.11. The van der Waals surface area contributed by atoms with E-state index < -0.39 is 0 Å². The van der Waals surface area contributed by atoms with E-state index in [1.807, 2.05) is 18.2 Å². The number of fused-ring (bicyclic) bond motifs is 1. The first kappa shape index (κ1) is 11.5. The summed E-state index contributed by atoms with van der Waals surface area (Å²) in [5, 5.41) is 3.94. The first-order chi connectivity index (χ1) is 9.25. The number of halogens is 1. The molecule has 0 saturated carbocycles. The van der Waals surface area contributed by atoms with Gasteiger partial charge in [-0.3, -0.25) is 4.98 Å². The van der Waals surface area contributed by atoms with Gasteiger partial charge in [0.15, 0.2) is 0 Å². The third-order valence-corrected chi connectivity index (χ3v) is 2.94. The number of nitrogens with two attached hydrogens (primary N) is 1. The molecular weight excluding hydrogens is 241 g/mol. The molecular formula is C15H12FN3. The summed E-state index contributed by atoms with van der Waals surface area (Å²) in [5.74, 6) is -0.295. The predicted octanol–water partition coefficient (Wildman–Crippen LogP) is 3.70. The summed E-state index contributed by atoms with van der Waals surface area (Å²) in [6.07, 6.45) is 1.69. The average molecular weight is 253 g/mol. The van der Waals surface area contributed by atoms with Crippen LogP contribution >= 0.6 is 0 Å². The minimum atomic E-state index is -0.295. The molecule has 0 amide bonds. The van der Waals surface area contributed by atoms with Crippen molar-refractivity contribution in [2.24, 2.45) is 0 Å². The number of nitrogen functional groups attached to an aromatic ring is 1. The Morgan fingerprint density at radius 2 is 1.79 bits per heavy atom. The molecule has 4 heteroatoms. The van der Waals surface area contributed by atoms with Gasteiger partial charge >= 0.3 is 0 Å². The Kier molecular flexibility index (Phi) is 2.76. The largest absolute Gasteiger partial charge is 0.397 e. The lowest BCUT2D eigenvalue weighted by molar-refractivity contribution is 0.632. The van der Waals surface area contributed by atoms with E-state index in [4.69, 9.17) is 5.73 Å². The lowest BCUT2D eigenvalue weighted by Crippen LogP contribution is -1.97. The van der Waals surface area contributed by atoms with E-state index in [9.17, 15) is 4.39 Å². The van der Waals surface area contributed by atoms with Crippen LogP contribution in [0.2, 0.25) is 0 Å². The molecule has 3 N–H and O–H groups in total. The molecule has 19 heavy (non-hydrogen) atoms. The van der Waals surface area contributed by atoms with Crippen molar-refractivity contribution >= 4 is 28.0 Å². The zero-order chi connectivity index (χ0) is 13.2. The van der Waals surface area contributed by atoms with Crippen molar-refractivity contribution in [2.45, 2.75) is 0 Å². The number of para-hydroxylation sites is 1. The predicted molar refractivity (Wildman–Crippen MR) is 75.8 cm³/mol. The van der Waals surface area contributed by atoms with Gasteiger partial charge in [0.2, 0.25) is 0 Å². The van der Waals surface area contributed by atoms with E-state index >= 15 is 0 Å². The normalized spacial score (nSPS) is 10.6. The molecule has 94 valence electrons. The van der Waals surface area contributed by atoms with Gasteiger partial charge in [0.25, 0.3) is 0 Å². The summed E-state index contributed by atoms with van der Waals surface area (Å²) in [6, 6.07) is 13.9. The number of nitrogens with zero attached hydrogens (tertiary/aromatic N) is 1. The number of aromatic nitrogens is 1. The molecule has 3 rings (SSSR count). The first-order valence-corrected chi connectivity index (χ1v) is 5.90. The van der Waals surface area contributed by atoms with Gasteiger partial charge in [0.05, 0.1) is 16.9 Å². The Labute approximate surface area is 109 Å². The van der Waals surface area contributed by atoms with Crippen molar-refractivity contribution in [3.05, 3.63) is 60.5 Å². The van der Waals surface area contributed by atoms with Crippen molar-refractivity contribution in [3.63, 3.8) is 0 Å². The Hall–Kier alpha value is -2.62. The first-order valence-electron chi connectivity index (χ1n) is 5.90. The van der Waals surface area contributed by atoms with Crippen LogP contribution in [0, 0.1) is 5.82 Å². The summed E-state index contributed by atoms with van der Waals surface area (Å²) in [6.45, 7) is 0. The molecule has 0 aliphatic carbocycles. The highest BCUT2D eigenvalue weighted by Crippen LogP contribution is 2.29. The third-order valence-electron chi connectivity index (χ3n) is 2.94. The Morgan fingerprint density at radius 1 is 0.947 bits per heavy atom. The summed E-state index contributed by atoms with van der Waals surface area (Å²) < 4.78 is 13.7. The maximum absolute atomic E-state index is 13.7. The van der Waals surface area contributed by atoms with Gasteiger partial charge in [-0.05, 0) is 36.4 Å². The molecule has 0 radical (unpaired) electrons. The van der Waals surface area contributed by atoms with Crippen LogP contribution in [0.25, 0.3) is 10.9 Å². The highest BCUT2D eigenvalue weighted by Gasteiger charge is 2.07. The van der Waals surface area contributed by atoms with Crippen LogP contribution in [-0.4, -0.2) is 4.98 Å². The molecule has 0 spiro atoms. The van der Waals surface area contributed by atoms with Crippen molar-refractivity contribution in [3.8, 4) is 0 Å². The molecule has 0 saturated heterocycles. The fourth-order valence-corrected chi connectivity index (χ4v) is 2.01. The summed E-state index contributed by atoms with van der Waals surface area (Å²) in [7, 11) is 0. The van der Waals surface area contributed by atoms with Crippen molar-refractivity contribution in [2.75, 3.05) is 11.1 Å². The Balaban J connectivity index is 2.12. The Bertz CT molecular complexity index is 740. The van der Waals surface area contributed by atoms with Gasteiger partial charge in [-0.15, -0.1) is 0 Å². The maximum Gasteiger partial charge on any atom is 0.146 e. The van der Waals surface area contributed by atoms with Gasteiger partial charge in [-0.2, -0.15) is 0 Å². The van der Waals surface area contributed by atoms with E-state index in [0.717, 1.165) is 11.1 Å². The SMILES string of the molecule is Nc1ccc(Nc2ccccc2F)c2cccnc12. The summed E-state index contributed by atoms with van der Waals surface area (Å²) >= 11 is 0. The second kappa shape index (κ2) is 4.57. The maximum atomic E-state index is 13.7. The van der Waals surface area contributed by atoms with Gasteiger partial charge in [0.1, 0.15) is 5.82 Å². The number of rotatable bonds is 2. The number of pyridine rings is 1. The third kappa shape index (κ3) is 2.08. The Morgan fingerprint density at radius 3 is 2.63 bits per heavy atom. The second-order valence-electron chi connectivity index (χ2n) is 4.21. The van der Waals surface area contributed by atoms with Crippen LogP contribution in [0.15, 0.2) is 54.7 Å². The highest BCUT2D eigenvalue weighted by atomic mass is 19.1. The quantitative estimate of drug-likeness (QED) is 0.685. The second-order valence-corrected chi connectivity index (χ2v) is 4.21. The van der Waals surface area contributed by atoms with E-state index in [1.54, 1.807) is 30.5 Å². The number of hydrogen-bond acceptors (Lipinski definition) is 3. The fourth-order valence-electron chi connectivity index (χ4n) is 2.01. The molecule has 0 unspecified atom stereocenters. The van der Waals surface area contributed by atoms with Crippen LogP contribution < -0.4 is 11.1 Å². The molecule has 3 nitrogen and oxygen atoms in total. The van der Waals surface area contributed by atoms with Crippen LogP contribution in [0.4, 0.5) is 21.5 Å². The minimum absolute atomic E-state index is 0.295. The molecule has 1 heterocycles. The highest BCUT2D eigenvalue weighted by molar-refractivity contribution is 5.99. The monoisotopic (exact) mass is 253 g/mol. The molecule has 1 aromatic heterocycles. The molecule has 0 bridgehead atoms. The zero-order valence-electron chi connectivity index (χ0n) is 10.1. The van der Waals surface area contributed by atoms with E-state index in [-0.39, 0.29) is 5.82 Å². The van der Waals surface area contributed by atoms with Gasteiger partial charge in [0, 0.05) is 17.3 Å². The van der Waals surface area contributed by atoms with E-state index in [2.05, 4.69) is 10.3 Å². The van der Waals surface area contributed by atoms with Gasteiger partial charge < -0.3 is 11.1 Å². The van der Waals surface area contributed by atoms with Gasteiger partial charge in [-0.1, -0.05) is 12.1 Å². The molecule has 0 atom stereocenters. The summed E-state index contributed by atoms with van der Waals surface area (Å²) in [5.41, 5.74) is 8.41. The fraction of sp³-hybridized carbons (Fsp3) is 0. The molecule has 2 aromatic carbocycles. The van der Waals surface area contributed by atoms with Crippen LogP contribution in [0.5, 0.6) is 0 Å². The van der Waals surface area contributed by atoms with Crippen LogP contribution in [-0.2, 0) is 0 Å². The van der Waals surface area contributed by atoms with E-state index in [0.29, 0.717) is 16.9 Å². The standard InChI is InChI=1S/C15H12FN3/c16-11-5-1-2-6-14(11)19-13-8-7-12(17)15-10(13)4-3-9-18-15/h1-9,19H,17H2. The van der Waals surface area contributed by atoms with Crippen LogP contribution in [0.1, 0.15) is 0 Å². The molecule has 0 aliphatic heterocycles. The zero-order valence-corrected chi connectivity index (χ0v) is 10.1. The molecule has 3 aromatic rings. The van der Waals surface area contributed by atoms with Crippen molar-refractivity contribution in [1.82, 2.24) is 4.98 Å². The number of anilines is 3. The average Bonchev–Trinajstić information content (AvgIpc) is 2.44. The number of hydrogen-bond donors (Lipinski definition) is 2. The molecule has 0 aliphatic rings. The molecule has 0 fully saturated rings. The van der Waals surface area contributed by atoms with Crippen molar-refractivity contribution < 1.29 is 4.39 Å². The number of benzene rings is 2. The summed E-state index contributed by atoms with van der Waals surface area (Å²) in [4.78, 5) is 4.25. The minimum Gasteiger partial charge on any atom is -0.397 e. The van der Waals surface area contributed by atoms with E-state index in [1.165, 1.54) is 6.07 Å². The smallest absolute Gasteiger partial charge is 0.146 e. The van der Waals surface area contributed by atoms with Gasteiger partial charge in [-0.25, -0.2) is 4.39 Å². The lowest BCUT2D eigenvalue weighted by atomic mass is 10.1. The van der Waals surface area contributed by atoms with Crippen molar-refractivity contribution in [1.29, 1.82) is 0 Å². The van der Waals surface area contributed by atoms with Crippen LogP contribution in [0.3, 0.4) is 0 Å². The topological polar surface area (TPSA) is 50.9 Å².